The normalized spacial score (nSPS) is 15.7. The summed E-state index contributed by atoms with van der Waals surface area (Å²) in [4.78, 5) is 13.5. The fraction of sp³-hybridized carbons (Fsp3) is 0.300. The third-order valence-corrected chi connectivity index (χ3v) is 4.68. The number of anilines is 2. The summed E-state index contributed by atoms with van der Waals surface area (Å²) in [5.41, 5.74) is 8.49. The van der Waals surface area contributed by atoms with Crippen LogP contribution in [0.25, 0.3) is 0 Å². The quantitative estimate of drug-likeness (QED) is 0.790. The van der Waals surface area contributed by atoms with Crippen LogP contribution in [0.5, 0.6) is 5.75 Å². The Kier molecular flexibility index (Phi) is 5.73. The molecule has 0 bridgehead atoms. The second-order valence-corrected chi connectivity index (χ2v) is 6.70. The van der Waals surface area contributed by atoms with E-state index in [9.17, 15) is 4.79 Å². The molecule has 1 unspecified atom stereocenters. The first-order valence-corrected chi connectivity index (χ1v) is 9.21. The van der Waals surface area contributed by atoms with E-state index in [1.54, 1.807) is 0 Å². The summed E-state index contributed by atoms with van der Waals surface area (Å²) in [6.45, 7) is 2.47. The van der Waals surface area contributed by atoms with Crippen molar-refractivity contribution >= 4 is 34.6 Å². The fourth-order valence-corrected chi connectivity index (χ4v) is 3.19. The predicted octanol–water partition coefficient (Wildman–Crippen LogP) is 3.48. The maximum Gasteiger partial charge on any atom is 0.260 e. The van der Waals surface area contributed by atoms with Crippen LogP contribution in [0.4, 0.5) is 11.4 Å². The SMILES string of the molecule is CCCCc1ccc(NC(=S)N2CC(C(N)=O)Oc3ccccc32)cc1. The summed E-state index contributed by atoms with van der Waals surface area (Å²) in [6, 6.07) is 15.7. The molecule has 136 valence electrons. The number of amides is 1. The summed E-state index contributed by atoms with van der Waals surface area (Å²) < 4.78 is 5.67. The minimum Gasteiger partial charge on any atom is -0.477 e. The molecule has 3 N–H and O–H groups in total. The van der Waals surface area contributed by atoms with E-state index in [-0.39, 0.29) is 6.54 Å². The van der Waals surface area contributed by atoms with Crippen LogP contribution in [-0.4, -0.2) is 23.7 Å². The largest absolute Gasteiger partial charge is 0.477 e. The average molecular weight is 369 g/mol. The van der Waals surface area contributed by atoms with Gasteiger partial charge in [-0.05, 0) is 54.9 Å². The minimum atomic E-state index is -0.735. The minimum absolute atomic E-state index is 0.284. The number of thiocarbonyl (C=S) groups is 1. The molecule has 0 radical (unpaired) electrons. The summed E-state index contributed by atoms with van der Waals surface area (Å²) in [6.07, 6.45) is 2.71. The van der Waals surface area contributed by atoms with Crippen molar-refractivity contribution < 1.29 is 9.53 Å². The number of hydrogen-bond acceptors (Lipinski definition) is 3. The molecule has 1 atom stereocenters. The van der Waals surface area contributed by atoms with E-state index < -0.39 is 12.0 Å². The summed E-state index contributed by atoms with van der Waals surface area (Å²) in [5, 5.41) is 3.75. The van der Waals surface area contributed by atoms with Crippen LogP contribution in [0, 0.1) is 0 Å². The number of nitrogens with two attached hydrogens (primary N) is 1. The van der Waals surface area contributed by atoms with E-state index >= 15 is 0 Å². The average Bonchev–Trinajstić information content (AvgIpc) is 2.66. The molecule has 1 aliphatic heterocycles. The van der Waals surface area contributed by atoms with Crippen molar-refractivity contribution in [2.24, 2.45) is 5.73 Å². The van der Waals surface area contributed by atoms with Gasteiger partial charge in [0.25, 0.3) is 5.91 Å². The lowest BCUT2D eigenvalue weighted by Crippen LogP contribution is -2.50. The molecule has 0 saturated carbocycles. The van der Waals surface area contributed by atoms with Gasteiger partial charge in [-0.2, -0.15) is 0 Å². The number of ether oxygens (including phenoxy) is 1. The molecule has 0 saturated heterocycles. The smallest absolute Gasteiger partial charge is 0.260 e. The van der Waals surface area contributed by atoms with Gasteiger partial charge in [0.15, 0.2) is 11.2 Å². The van der Waals surface area contributed by atoms with Crippen LogP contribution in [0.2, 0.25) is 0 Å². The molecule has 3 rings (SSSR count). The Morgan fingerprint density at radius 1 is 1.27 bits per heavy atom. The van der Waals surface area contributed by atoms with Gasteiger partial charge in [-0.3, -0.25) is 4.79 Å². The van der Waals surface area contributed by atoms with Crippen LogP contribution >= 0.6 is 12.2 Å². The van der Waals surface area contributed by atoms with Gasteiger partial charge >= 0.3 is 0 Å². The number of benzene rings is 2. The van der Waals surface area contributed by atoms with E-state index in [2.05, 4.69) is 24.4 Å². The van der Waals surface area contributed by atoms with Crippen molar-refractivity contribution in [1.82, 2.24) is 0 Å². The number of hydrogen-bond donors (Lipinski definition) is 2. The van der Waals surface area contributed by atoms with Crippen LogP contribution in [0.15, 0.2) is 48.5 Å². The molecule has 26 heavy (non-hydrogen) atoms. The highest BCUT2D eigenvalue weighted by molar-refractivity contribution is 7.80. The monoisotopic (exact) mass is 369 g/mol. The number of aryl methyl sites for hydroxylation is 1. The van der Waals surface area contributed by atoms with Crippen molar-refractivity contribution in [1.29, 1.82) is 0 Å². The standard InChI is InChI=1S/C20H23N3O2S/c1-2-3-6-14-9-11-15(12-10-14)22-20(26)23-13-18(19(21)24)25-17-8-5-4-7-16(17)23/h4-5,7-12,18H,2-3,6,13H2,1H3,(H2,21,24)(H,22,26). The van der Waals surface area contributed by atoms with Crippen molar-refractivity contribution in [2.45, 2.75) is 32.3 Å². The lowest BCUT2D eigenvalue weighted by molar-refractivity contribution is -0.124. The molecule has 1 heterocycles. The van der Waals surface area contributed by atoms with Crippen molar-refractivity contribution in [3.05, 3.63) is 54.1 Å². The summed E-state index contributed by atoms with van der Waals surface area (Å²) in [5.74, 6) is 0.0918. The number of nitrogens with one attached hydrogen (secondary N) is 1. The number of fused-ring (bicyclic) bond motifs is 1. The van der Waals surface area contributed by atoms with Gasteiger partial charge in [-0.25, -0.2) is 0 Å². The maximum atomic E-state index is 11.6. The van der Waals surface area contributed by atoms with Crippen LogP contribution in [0.3, 0.4) is 0 Å². The van der Waals surface area contributed by atoms with Gasteiger partial charge < -0.3 is 20.7 Å². The fourth-order valence-electron chi connectivity index (χ4n) is 2.90. The zero-order valence-electron chi connectivity index (χ0n) is 14.8. The highest BCUT2D eigenvalue weighted by Crippen LogP contribution is 2.33. The Balaban J connectivity index is 1.75. The highest BCUT2D eigenvalue weighted by atomic mass is 32.1. The number of para-hydroxylation sites is 2. The third-order valence-electron chi connectivity index (χ3n) is 4.36. The Hall–Kier alpha value is -2.60. The molecular formula is C20H23N3O2S. The van der Waals surface area contributed by atoms with E-state index in [0.29, 0.717) is 10.9 Å². The molecule has 0 fully saturated rings. The number of carbonyl (C=O) groups is 1. The van der Waals surface area contributed by atoms with Gasteiger partial charge in [0.2, 0.25) is 0 Å². The number of rotatable bonds is 5. The maximum absolute atomic E-state index is 11.6. The Bertz CT molecular complexity index is 792. The van der Waals surface area contributed by atoms with Crippen LogP contribution in [0.1, 0.15) is 25.3 Å². The third kappa shape index (κ3) is 4.14. The second kappa shape index (κ2) is 8.19. The number of unbranched alkanes of at least 4 members (excludes halogenated alkanes) is 1. The molecule has 1 amide bonds. The molecule has 0 aliphatic carbocycles. The zero-order valence-corrected chi connectivity index (χ0v) is 15.6. The first-order chi connectivity index (χ1) is 12.6. The summed E-state index contributed by atoms with van der Waals surface area (Å²) in [7, 11) is 0. The van der Waals surface area contributed by atoms with Gasteiger partial charge in [-0.15, -0.1) is 0 Å². The Morgan fingerprint density at radius 3 is 2.69 bits per heavy atom. The van der Waals surface area contributed by atoms with Crippen LogP contribution in [-0.2, 0) is 11.2 Å². The molecule has 0 spiro atoms. The van der Waals surface area contributed by atoms with E-state index in [1.165, 1.54) is 18.4 Å². The molecule has 5 nitrogen and oxygen atoms in total. The van der Waals surface area contributed by atoms with E-state index in [1.807, 2.05) is 41.3 Å². The van der Waals surface area contributed by atoms with Crippen molar-refractivity contribution in [2.75, 3.05) is 16.8 Å². The number of nitrogens with zero attached hydrogens (tertiary/aromatic N) is 1. The van der Waals surface area contributed by atoms with E-state index in [0.717, 1.165) is 17.8 Å². The van der Waals surface area contributed by atoms with Crippen molar-refractivity contribution in [3.8, 4) is 5.75 Å². The zero-order chi connectivity index (χ0) is 18.5. The first kappa shape index (κ1) is 18.2. The Morgan fingerprint density at radius 2 is 2.00 bits per heavy atom. The van der Waals surface area contributed by atoms with Gasteiger partial charge in [0.05, 0.1) is 12.2 Å². The van der Waals surface area contributed by atoms with Gasteiger partial charge in [-0.1, -0.05) is 37.6 Å². The Labute approximate surface area is 159 Å². The molecule has 1 aliphatic rings. The first-order valence-electron chi connectivity index (χ1n) is 8.81. The summed E-state index contributed by atoms with van der Waals surface area (Å²) >= 11 is 5.58. The van der Waals surface area contributed by atoms with Gasteiger partial charge in [0, 0.05) is 5.69 Å². The number of primary amides is 1. The molecule has 2 aromatic rings. The van der Waals surface area contributed by atoms with Crippen molar-refractivity contribution in [3.63, 3.8) is 0 Å². The topological polar surface area (TPSA) is 67.6 Å². The van der Waals surface area contributed by atoms with E-state index in [4.69, 9.17) is 22.7 Å². The number of carbonyl (C=O) groups excluding carboxylic acids is 1. The molecule has 2 aromatic carbocycles. The highest BCUT2D eigenvalue weighted by Gasteiger charge is 2.31. The molecular weight excluding hydrogens is 346 g/mol. The predicted molar refractivity (Wildman–Crippen MR) is 109 cm³/mol. The second-order valence-electron chi connectivity index (χ2n) is 6.32. The molecule has 6 heteroatoms. The lowest BCUT2D eigenvalue weighted by atomic mass is 10.1. The van der Waals surface area contributed by atoms with Gasteiger partial charge in [0.1, 0.15) is 5.75 Å². The molecule has 0 aromatic heterocycles. The lowest BCUT2D eigenvalue weighted by Gasteiger charge is -2.35. The van der Waals surface area contributed by atoms with Crippen LogP contribution < -0.4 is 20.7 Å².